The van der Waals surface area contributed by atoms with Gasteiger partial charge in [-0.1, -0.05) is 219 Å². The predicted molar refractivity (Wildman–Crippen MR) is 296 cm³/mol. The molecule has 2 heteroatoms. The van der Waals surface area contributed by atoms with Crippen molar-refractivity contribution in [3.63, 3.8) is 0 Å². The van der Waals surface area contributed by atoms with Crippen molar-refractivity contribution < 1.29 is 0 Å². The normalized spacial score (nSPS) is 12.5. The monoisotopic (exact) mass is 884 g/mol. The lowest BCUT2D eigenvalue weighted by Crippen LogP contribution is -2.14. The quantitative estimate of drug-likeness (QED) is 0.100. The molecule has 9 aromatic rings. The first-order valence-electron chi connectivity index (χ1n) is 23.6. The fourth-order valence-corrected chi connectivity index (χ4v) is 8.96. The van der Waals surface area contributed by atoms with Gasteiger partial charge in [0, 0.05) is 34.1 Å². The van der Waals surface area contributed by atoms with Gasteiger partial charge in [0.15, 0.2) is 0 Å². The van der Waals surface area contributed by atoms with E-state index in [0.717, 1.165) is 57.2 Å². The van der Waals surface area contributed by atoms with Crippen molar-refractivity contribution in [1.82, 2.24) is 0 Å². The van der Waals surface area contributed by atoms with Crippen LogP contribution in [0.5, 0.6) is 0 Å². The molecule has 0 aromatic heterocycles. The third-order valence-electron chi connectivity index (χ3n) is 12.6. The molecule has 0 atom stereocenters. The molecule has 0 heterocycles. The van der Waals surface area contributed by atoms with Crippen LogP contribution in [-0.4, -0.2) is 0 Å². The number of anilines is 5. The summed E-state index contributed by atoms with van der Waals surface area (Å²) in [5.74, 6) is 0. The first-order chi connectivity index (χ1) is 34.2. The number of benzene rings is 9. The van der Waals surface area contributed by atoms with E-state index in [2.05, 4.69) is 289 Å². The minimum atomic E-state index is 0.877. The van der Waals surface area contributed by atoms with E-state index in [4.69, 9.17) is 0 Å². The summed E-state index contributed by atoms with van der Waals surface area (Å²) in [4.78, 5) is 4.57. The molecule has 0 amide bonds. The fourth-order valence-electron chi connectivity index (χ4n) is 8.96. The first-order valence-corrected chi connectivity index (χ1v) is 23.6. The van der Waals surface area contributed by atoms with E-state index in [1.807, 2.05) is 18.2 Å². The highest BCUT2D eigenvalue weighted by molar-refractivity contribution is 5.83. The van der Waals surface area contributed by atoms with Crippen LogP contribution < -0.4 is 9.80 Å². The molecular weight excluding hydrogens is 833 g/mol. The summed E-state index contributed by atoms with van der Waals surface area (Å²) in [6.45, 7) is 4.23. The summed E-state index contributed by atoms with van der Waals surface area (Å²) in [6, 6.07) is 86.3. The standard InChI is InChI=1S/C67H52N2/c1-2-62(31-16-19-51-18-15-26-61(50-51)53-22-9-4-10-23-53)68(63-27-11-5-12-28-63)65-44-40-59(41-45-65)56-34-36-57(37-35-56)60-42-48-67(49-43-60)69(64-29-13-6-14-30-64)66-46-38-58(39-47-66)55-25-17-24-54(32-33-55)52-20-7-3-8-21-52/h2-32,34-50H,1,33H2/b19-16+,62-31+. The second kappa shape index (κ2) is 21.1. The topological polar surface area (TPSA) is 6.48 Å². The van der Waals surface area contributed by atoms with E-state index in [0.29, 0.717) is 0 Å². The second-order valence-corrected chi connectivity index (χ2v) is 17.0. The Kier molecular flexibility index (Phi) is 13.4. The van der Waals surface area contributed by atoms with Gasteiger partial charge >= 0.3 is 0 Å². The molecule has 9 aromatic carbocycles. The molecule has 10 rings (SSSR count). The molecule has 0 radical (unpaired) electrons. The zero-order valence-corrected chi connectivity index (χ0v) is 38.5. The van der Waals surface area contributed by atoms with Crippen molar-refractivity contribution in [2.24, 2.45) is 0 Å². The number of rotatable bonds is 14. The Morgan fingerprint density at radius 1 is 0.406 bits per heavy atom. The summed E-state index contributed by atoms with van der Waals surface area (Å²) >= 11 is 0. The SMILES string of the molecule is C=C/C(=C\C=C\c1cccc(-c2ccccc2)c1)N(c1ccccc1)c1ccc(-c2ccc(-c3ccc(N(c4ccccc4)c4ccc(C5=CC=CC(c6ccccc6)=CC5)cc4)cc3)cc2)cc1. The second-order valence-electron chi connectivity index (χ2n) is 17.0. The molecule has 0 spiro atoms. The average molecular weight is 885 g/mol. The molecule has 69 heavy (non-hydrogen) atoms. The van der Waals surface area contributed by atoms with Gasteiger partial charge in [-0.05, 0) is 147 Å². The van der Waals surface area contributed by atoms with Gasteiger partial charge in [-0.15, -0.1) is 0 Å². The van der Waals surface area contributed by atoms with Gasteiger partial charge < -0.3 is 9.80 Å². The van der Waals surface area contributed by atoms with Crippen molar-refractivity contribution >= 4 is 45.7 Å². The average Bonchev–Trinajstić information content (AvgIpc) is 3.69. The van der Waals surface area contributed by atoms with E-state index < -0.39 is 0 Å². The van der Waals surface area contributed by atoms with E-state index in [1.54, 1.807) is 0 Å². The molecule has 1 aliphatic carbocycles. The zero-order valence-electron chi connectivity index (χ0n) is 38.5. The molecule has 330 valence electrons. The molecular formula is C67H52N2. The highest BCUT2D eigenvalue weighted by Crippen LogP contribution is 2.38. The third kappa shape index (κ3) is 10.4. The van der Waals surface area contributed by atoms with Crippen LogP contribution in [0.15, 0.2) is 297 Å². The van der Waals surface area contributed by atoms with Crippen LogP contribution >= 0.6 is 0 Å². The van der Waals surface area contributed by atoms with Crippen molar-refractivity contribution in [1.29, 1.82) is 0 Å². The zero-order chi connectivity index (χ0) is 46.6. The highest BCUT2D eigenvalue weighted by atomic mass is 15.1. The van der Waals surface area contributed by atoms with E-state index in [1.165, 1.54) is 44.5 Å². The van der Waals surface area contributed by atoms with Gasteiger partial charge in [0.25, 0.3) is 0 Å². The molecule has 0 saturated carbocycles. The predicted octanol–water partition coefficient (Wildman–Crippen LogP) is 18.5. The number of allylic oxidation sites excluding steroid dienone is 9. The van der Waals surface area contributed by atoms with Crippen LogP contribution in [0.1, 0.15) is 23.1 Å². The molecule has 0 N–H and O–H groups in total. The van der Waals surface area contributed by atoms with Crippen LogP contribution in [0.3, 0.4) is 0 Å². The number of para-hydroxylation sites is 2. The molecule has 0 fully saturated rings. The summed E-state index contributed by atoms with van der Waals surface area (Å²) in [5, 5.41) is 0. The van der Waals surface area contributed by atoms with Gasteiger partial charge in [0.05, 0.1) is 0 Å². The van der Waals surface area contributed by atoms with Crippen molar-refractivity contribution in [3.8, 4) is 33.4 Å². The Hall–Kier alpha value is -8.98. The van der Waals surface area contributed by atoms with Gasteiger partial charge in [-0.2, -0.15) is 0 Å². The summed E-state index contributed by atoms with van der Waals surface area (Å²) in [6.07, 6.45) is 18.1. The maximum absolute atomic E-state index is 4.23. The van der Waals surface area contributed by atoms with Crippen LogP contribution in [0.4, 0.5) is 28.4 Å². The number of nitrogens with zero attached hydrogens (tertiary/aromatic N) is 2. The highest BCUT2D eigenvalue weighted by Gasteiger charge is 2.15. The lowest BCUT2D eigenvalue weighted by Gasteiger charge is -2.26. The van der Waals surface area contributed by atoms with Gasteiger partial charge in [0.1, 0.15) is 0 Å². The maximum atomic E-state index is 4.23. The summed E-state index contributed by atoms with van der Waals surface area (Å²) < 4.78 is 0. The summed E-state index contributed by atoms with van der Waals surface area (Å²) in [5.41, 5.74) is 19.6. The Bertz CT molecular complexity index is 3290. The Balaban J connectivity index is 0.848. The minimum absolute atomic E-state index is 0.877. The molecule has 0 bridgehead atoms. The molecule has 1 aliphatic rings. The molecule has 0 unspecified atom stereocenters. The van der Waals surface area contributed by atoms with E-state index in [9.17, 15) is 0 Å². The lowest BCUT2D eigenvalue weighted by molar-refractivity contribution is 1.21. The lowest BCUT2D eigenvalue weighted by atomic mass is 9.99. The first kappa shape index (κ1) is 43.9. The molecule has 0 saturated heterocycles. The summed E-state index contributed by atoms with van der Waals surface area (Å²) in [7, 11) is 0. The van der Waals surface area contributed by atoms with Crippen LogP contribution in [0, 0.1) is 0 Å². The number of hydrogen-bond acceptors (Lipinski definition) is 2. The van der Waals surface area contributed by atoms with Gasteiger partial charge in [-0.25, -0.2) is 0 Å². The Labute approximate surface area is 407 Å². The van der Waals surface area contributed by atoms with Crippen LogP contribution in [0.25, 0.3) is 50.6 Å². The van der Waals surface area contributed by atoms with Gasteiger partial charge in [0.2, 0.25) is 0 Å². The van der Waals surface area contributed by atoms with Crippen molar-refractivity contribution in [2.45, 2.75) is 6.42 Å². The van der Waals surface area contributed by atoms with Crippen LogP contribution in [0.2, 0.25) is 0 Å². The minimum Gasteiger partial charge on any atom is -0.311 e. The largest absolute Gasteiger partial charge is 0.311 e. The van der Waals surface area contributed by atoms with Gasteiger partial charge in [-0.3, -0.25) is 0 Å². The smallest absolute Gasteiger partial charge is 0.0462 e. The van der Waals surface area contributed by atoms with Crippen molar-refractivity contribution in [2.75, 3.05) is 9.80 Å². The fraction of sp³-hybridized carbons (Fsp3) is 0.0149. The van der Waals surface area contributed by atoms with E-state index >= 15 is 0 Å². The molecule has 2 nitrogen and oxygen atoms in total. The number of hydrogen-bond donors (Lipinski definition) is 0. The van der Waals surface area contributed by atoms with Crippen LogP contribution in [-0.2, 0) is 0 Å². The Morgan fingerprint density at radius 3 is 1.41 bits per heavy atom. The maximum Gasteiger partial charge on any atom is 0.0462 e. The van der Waals surface area contributed by atoms with E-state index in [-0.39, 0.29) is 0 Å². The third-order valence-corrected chi connectivity index (χ3v) is 12.6. The Morgan fingerprint density at radius 2 is 0.841 bits per heavy atom. The van der Waals surface area contributed by atoms with Crippen molar-refractivity contribution in [3.05, 3.63) is 314 Å². The molecule has 0 aliphatic heterocycles.